The molecular weight excluding hydrogens is 478 g/mol. The second-order valence-electron chi connectivity index (χ2n) is 10.7. The Hall–Kier alpha value is -1.88. The molecule has 2 N–H and O–H groups in total. The van der Waals surface area contributed by atoms with Crippen LogP contribution < -0.4 is 10.6 Å². The van der Waals surface area contributed by atoms with E-state index in [0.29, 0.717) is 5.70 Å². The van der Waals surface area contributed by atoms with Crippen molar-refractivity contribution in [2.45, 2.75) is 107 Å². The van der Waals surface area contributed by atoms with Gasteiger partial charge in [-0.1, -0.05) is 31.0 Å². The molecule has 3 amide bonds. The Balaban J connectivity index is 1.73. The van der Waals surface area contributed by atoms with Gasteiger partial charge in [-0.2, -0.15) is 0 Å². The zero-order valence-corrected chi connectivity index (χ0v) is 22.3. The molecule has 1 saturated carbocycles. The van der Waals surface area contributed by atoms with E-state index >= 15 is 0 Å². The smallest absolute Gasteiger partial charge is 0.408 e. The molecule has 34 heavy (non-hydrogen) atoms. The molecule has 3 rings (SSSR count). The highest BCUT2D eigenvalue weighted by Crippen LogP contribution is 2.41. The fourth-order valence-corrected chi connectivity index (χ4v) is 6.27. The first-order valence-electron chi connectivity index (χ1n) is 11.6. The number of ether oxygens (including phenoxy) is 2. The van der Waals surface area contributed by atoms with Crippen LogP contribution in [0.1, 0.15) is 73.6 Å². The van der Waals surface area contributed by atoms with Gasteiger partial charge in [-0.3, -0.25) is 14.4 Å². The van der Waals surface area contributed by atoms with E-state index in [0.717, 1.165) is 25.7 Å². The maximum atomic E-state index is 13.0. The van der Waals surface area contributed by atoms with Crippen LogP contribution in [0.2, 0.25) is 0 Å². The van der Waals surface area contributed by atoms with Gasteiger partial charge in [0.25, 0.3) is 11.1 Å². The van der Waals surface area contributed by atoms with Crippen LogP contribution in [-0.2, 0) is 19.1 Å². The van der Waals surface area contributed by atoms with E-state index in [1.807, 2.05) is 0 Å². The Morgan fingerprint density at radius 1 is 1.03 bits per heavy atom. The van der Waals surface area contributed by atoms with Crippen LogP contribution in [0.25, 0.3) is 0 Å². The zero-order valence-electron chi connectivity index (χ0n) is 20.6. The molecule has 1 saturated heterocycles. The SMILES string of the molecule is CC(C)(C)OC(=O)NC1C(=O)N2C=C(NC(=O)SC3CCCCC3)C(C(=O)OC(C)(C)C)S[C@H]12. The van der Waals surface area contributed by atoms with Crippen LogP contribution in [0.3, 0.4) is 0 Å². The van der Waals surface area contributed by atoms with E-state index in [9.17, 15) is 19.2 Å². The van der Waals surface area contributed by atoms with Crippen LogP contribution >= 0.6 is 23.5 Å². The number of hydrogen-bond donors (Lipinski definition) is 2. The minimum absolute atomic E-state index is 0.248. The number of carbonyl (C=O) groups excluding carboxylic acids is 4. The average molecular weight is 514 g/mol. The van der Waals surface area contributed by atoms with Crippen molar-refractivity contribution in [3.8, 4) is 0 Å². The summed E-state index contributed by atoms with van der Waals surface area (Å²) in [6.45, 7) is 10.5. The summed E-state index contributed by atoms with van der Waals surface area (Å²) in [5.74, 6) is -0.848. The van der Waals surface area contributed by atoms with Crippen molar-refractivity contribution < 1.29 is 28.7 Å². The summed E-state index contributed by atoms with van der Waals surface area (Å²) >= 11 is 2.41. The first kappa shape index (κ1) is 26.7. The quantitative estimate of drug-likeness (QED) is 0.426. The fraction of sp³-hybridized carbons (Fsp3) is 0.739. The number of alkyl carbamates (subject to hydrolysis) is 1. The van der Waals surface area contributed by atoms with Crippen molar-refractivity contribution in [2.75, 3.05) is 0 Å². The summed E-state index contributed by atoms with van der Waals surface area (Å²) in [5.41, 5.74) is -1.11. The highest BCUT2D eigenvalue weighted by atomic mass is 32.2. The van der Waals surface area contributed by atoms with Gasteiger partial charge in [0.2, 0.25) is 0 Å². The Bertz CT molecular complexity index is 858. The lowest BCUT2D eigenvalue weighted by molar-refractivity contribution is -0.154. The van der Waals surface area contributed by atoms with Crippen LogP contribution in [0.5, 0.6) is 0 Å². The van der Waals surface area contributed by atoms with E-state index in [2.05, 4.69) is 10.6 Å². The van der Waals surface area contributed by atoms with Crippen LogP contribution in [0, 0.1) is 0 Å². The predicted octanol–water partition coefficient (Wildman–Crippen LogP) is 4.12. The van der Waals surface area contributed by atoms with Gasteiger partial charge in [-0.05, 0) is 54.4 Å². The van der Waals surface area contributed by atoms with E-state index in [1.165, 1.54) is 41.0 Å². The third-order valence-electron chi connectivity index (χ3n) is 5.28. The largest absolute Gasteiger partial charge is 0.459 e. The van der Waals surface area contributed by atoms with Crippen LogP contribution in [0.4, 0.5) is 9.59 Å². The summed E-state index contributed by atoms with van der Waals surface area (Å²) in [6, 6.07) is -0.838. The molecule has 0 aromatic heterocycles. The minimum atomic E-state index is -0.840. The topological polar surface area (TPSA) is 114 Å². The number of nitrogens with zero attached hydrogens (tertiary/aromatic N) is 1. The molecule has 0 radical (unpaired) electrons. The van der Waals surface area contributed by atoms with Gasteiger partial charge >= 0.3 is 12.1 Å². The lowest BCUT2D eigenvalue weighted by Crippen LogP contribution is -2.70. The Morgan fingerprint density at radius 3 is 2.24 bits per heavy atom. The van der Waals surface area contributed by atoms with Gasteiger partial charge in [-0.25, -0.2) is 4.79 Å². The number of hydrogen-bond acceptors (Lipinski definition) is 8. The molecule has 2 aliphatic heterocycles. The number of rotatable bonds is 4. The van der Waals surface area contributed by atoms with Crippen molar-refractivity contribution >= 4 is 46.7 Å². The second kappa shape index (κ2) is 10.4. The Morgan fingerprint density at radius 2 is 1.65 bits per heavy atom. The standard InChI is InChI=1S/C23H35N3O6S2/c1-22(2,3)31-19(28)16-14(24-21(30)33-13-10-8-7-9-11-13)12-26-17(27)15(18(26)34-16)25-20(29)32-23(4,5)6/h12-13,15-16,18H,7-11H2,1-6H3,(H,24,30)(H,25,29)/t15?,16?,18-/m1/s1. The predicted molar refractivity (Wildman–Crippen MR) is 132 cm³/mol. The van der Waals surface area contributed by atoms with Gasteiger partial charge in [0.1, 0.15) is 27.9 Å². The second-order valence-corrected chi connectivity index (χ2v) is 13.2. The number of fused-ring (bicyclic) bond motifs is 1. The molecular formula is C23H35N3O6S2. The summed E-state index contributed by atoms with van der Waals surface area (Å²) < 4.78 is 10.8. The Labute approximate surface area is 209 Å². The minimum Gasteiger partial charge on any atom is -0.459 e. The average Bonchev–Trinajstić information content (AvgIpc) is 2.69. The third kappa shape index (κ3) is 7.07. The number of nitrogens with one attached hydrogen (secondary N) is 2. The van der Waals surface area contributed by atoms with Gasteiger partial charge in [0, 0.05) is 11.4 Å². The molecule has 0 aromatic rings. The van der Waals surface area contributed by atoms with Crippen LogP contribution in [0.15, 0.2) is 11.9 Å². The van der Waals surface area contributed by atoms with Crippen LogP contribution in [-0.4, -0.2) is 61.2 Å². The zero-order chi connectivity index (χ0) is 25.3. The van der Waals surface area contributed by atoms with Gasteiger partial charge < -0.3 is 25.0 Å². The van der Waals surface area contributed by atoms with Crippen molar-refractivity contribution in [1.82, 2.24) is 15.5 Å². The van der Waals surface area contributed by atoms with E-state index in [1.54, 1.807) is 41.5 Å². The highest BCUT2D eigenvalue weighted by molar-refractivity contribution is 8.14. The van der Waals surface area contributed by atoms with E-state index in [4.69, 9.17) is 9.47 Å². The Kier molecular flexibility index (Phi) is 8.17. The van der Waals surface area contributed by atoms with Crippen molar-refractivity contribution in [3.05, 3.63) is 11.9 Å². The number of β-lactam (4-membered cyclic amide) rings is 1. The van der Waals surface area contributed by atoms with Gasteiger partial charge in [0.15, 0.2) is 0 Å². The van der Waals surface area contributed by atoms with E-state index < -0.39 is 39.9 Å². The maximum absolute atomic E-state index is 13.0. The molecule has 2 unspecified atom stereocenters. The molecule has 0 bridgehead atoms. The maximum Gasteiger partial charge on any atom is 0.408 e. The summed E-state index contributed by atoms with van der Waals surface area (Å²) in [7, 11) is 0. The van der Waals surface area contributed by atoms with Crippen molar-refractivity contribution in [1.29, 1.82) is 0 Å². The first-order valence-corrected chi connectivity index (χ1v) is 13.4. The molecule has 1 aliphatic carbocycles. The third-order valence-corrected chi connectivity index (χ3v) is 7.90. The molecule has 2 fully saturated rings. The van der Waals surface area contributed by atoms with Crippen molar-refractivity contribution in [2.24, 2.45) is 0 Å². The molecule has 3 atom stereocenters. The molecule has 11 heteroatoms. The normalized spacial score (nSPS) is 25.5. The number of esters is 1. The molecule has 2 heterocycles. The molecule has 3 aliphatic rings. The molecule has 190 valence electrons. The lowest BCUT2D eigenvalue weighted by Gasteiger charge is -2.48. The van der Waals surface area contributed by atoms with E-state index in [-0.39, 0.29) is 16.4 Å². The number of thioether (sulfide) groups is 2. The summed E-state index contributed by atoms with van der Waals surface area (Å²) in [4.78, 5) is 52.1. The molecule has 0 spiro atoms. The van der Waals surface area contributed by atoms with Gasteiger partial charge in [0.05, 0.1) is 5.70 Å². The number of amides is 3. The summed E-state index contributed by atoms with van der Waals surface area (Å²) in [5, 5.41) is 4.08. The van der Waals surface area contributed by atoms with Crippen molar-refractivity contribution in [3.63, 3.8) is 0 Å². The highest BCUT2D eigenvalue weighted by Gasteiger charge is 2.54. The molecule has 0 aromatic carbocycles. The summed E-state index contributed by atoms with van der Waals surface area (Å²) in [6.07, 6.45) is 6.19. The first-order chi connectivity index (χ1) is 15.7. The molecule has 9 nitrogen and oxygen atoms in total. The lowest BCUT2D eigenvalue weighted by atomic mass is 10.0. The van der Waals surface area contributed by atoms with Gasteiger partial charge in [-0.15, -0.1) is 11.8 Å². The number of carbonyl (C=O) groups is 4. The monoisotopic (exact) mass is 513 g/mol. The fourth-order valence-electron chi connectivity index (χ4n) is 3.88.